The quantitative estimate of drug-likeness (QED) is 0.0295. The van der Waals surface area contributed by atoms with Crippen LogP contribution in [-0.4, -0.2) is 103 Å². The standard InChI is InChI=1S/2C37H40F4N4O2S/c1-4-43(5-2)21-22-44(25(3)27-11-13-28(14-12-27)29-15-17-30(18-16-29)37(39,40)41)34(46)23-45-33-8-6-7-32(33)35(47)42-36(45)48-24-26-9-19-31(38)20-10-26;1-4-43(5-2)19-20-44(22-26-9-13-28(14-10-26)29-15-18-32(25(3)21-29)37(39,40)41)34(46)23-45-33-8-6-7-31(33)35(47)42-36(45)48-24-27-11-16-30(38)17-12-27/h9-20,25H,4-8,21-24H2,1-3H3;9-18,21H,4-8,19-20,22-24H2,1-3H3/i21D2,22D2,23D2,25D;4D2,5D2,6D2,7D2,8D2,9D,10D,11D,12D,13D,14D,15D,16D,17D,18D,21D,22D2,23D2. The minimum Gasteiger partial charge on any atom is -0.336 e. The number of hydrogen-bond donors (Lipinski definition) is 0. The molecule has 96 heavy (non-hydrogen) atoms. The normalized spacial score (nSPS) is 21.0. The number of carbonyl (C=O) groups is 2. The second-order valence-electron chi connectivity index (χ2n) is 20.6. The van der Waals surface area contributed by atoms with Crippen molar-refractivity contribution in [2.75, 3.05) is 52.2 Å². The number of benzene rings is 6. The van der Waals surface area contributed by atoms with Crippen molar-refractivity contribution >= 4 is 35.3 Å². The van der Waals surface area contributed by atoms with Crippen LogP contribution in [0.1, 0.15) is 159 Å². The summed E-state index contributed by atoms with van der Waals surface area (Å²) in [5.41, 5.74) is -11.7. The van der Waals surface area contributed by atoms with E-state index in [1.54, 1.807) is 13.8 Å². The first kappa shape index (κ1) is 40.7. The highest BCUT2D eigenvalue weighted by atomic mass is 32.2. The number of alkyl halides is 6. The van der Waals surface area contributed by atoms with E-state index in [1.165, 1.54) is 60.7 Å². The maximum absolute atomic E-state index is 15.3. The van der Waals surface area contributed by atoms with Crippen molar-refractivity contribution in [1.29, 1.82) is 0 Å². The topological polar surface area (TPSA) is 117 Å². The van der Waals surface area contributed by atoms with Gasteiger partial charge in [0.15, 0.2) is 10.3 Å². The molecule has 0 fully saturated rings. The highest BCUT2D eigenvalue weighted by molar-refractivity contribution is 7.98. The fourth-order valence-corrected chi connectivity index (χ4v) is 11.1. The smallest absolute Gasteiger partial charge is 0.336 e. The molecule has 10 rings (SSSR count). The molecule has 2 amide bonds. The van der Waals surface area contributed by atoms with Gasteiger partial charge >= 0.3 is 12.4 Å². The molecule has 2 aromatic heterocycles. The Hall–Kier alpha value is -7.92. The Labute approximate surface area is 608 Å². The summed E-state index contributed by atoms with van der Waals surface area (Å²) in [6.07, 6.45) is -20.4. The van der Waals surface area contributed by atoms with Gasteiger partial charge in [-0.25, -0.2) is 8.78 Å². The minimum atomic E-state index is -5.30. The van der Waals surface area contributed by atoms with Gasteiger partial charge in [-0.3, -0.25) is 19.2 Å². The summed E-state index contributed by atoms with van der Waals surface area (Å²) in [7, 11) is 0. The van der Waals surface area contributed by atoms with Crippen LogP contribution in [0.3, 0.4) is 0 Å². The van der Waals surface area contributed by atoms with Crippen LogP contribution < -0.4 is 11.1 Å². The summed E-state index contributed by atoms with van der Waals surface area (Å²) in [5, 5.41) is -1.45. The molecule has 1 atom stereocenters. The van der Waals surface area contributed by atoms with Crippen LogP contribution in [-0.2, 0) is 78.5 Å². The van der Waals surface area contributed by atoms with Crippen molar-refractivity contribution in [2.45, 2.75) is 140 Å². The molecule has 8 aromatic rings. The molecule has 2 aliphatic rings. The first-order valence-electron chi connectivity index (χ1n) is 45.1. The van der Waals surface area contributed by atoms with Gasteiger partial charge in [0.25, 0.3) is 11.1 Å². The van der Waals surface area contributed by atoms with Crippen LogP contribution in [0.4, 0.5) is 35.1 Å². The number of carbonyl (C=O) groups excluding carboxylic acids is 2. The Kier molecular flexibility index (Phi) is 13.9. The van der Waals surface area contributed by atoms with Gasteiger partial charge < -0.3 is 28.7 Å². The molecular weight excluding hydrogens is 1280 g/mol. The van der Waals surface area contributed by atoms with Crippen molar-refractivity contribution < 1.29 is 88.6 Å². The van der Waals surface area contributed by atoms with Gasteiger partial charge in [0.05, 0.1) is 44.6 Å². The average Bonchev–Trinajstić information content (AvgIpc) is 1.53. The van der Waals surface area contributed by atoms with Gasteiger partial charge in [0.2, 0.25) is 11.8 Å². The van der Waals surface area contributed by atoms with E-state index in [0.29, 0.717) is 28.0 Å². The largest absolute Gasteiger partial charge is 0.416 e. The van der Waals surface area contributed by atoms with Crippen molar-refractivity contribution in [3.05, 3.63) is 233 Å². The first-order chi connectivity index (χ1) is 58.3. The van der Waals surface area contributed by atoms with Crippen LogP contribution in [0.2, 0.25) is 0 Å². The van der Waals surface area contributed by atoms with Gasteiger partial charge in [-0.2, -0.15) is 36.3 Å². The lowest BCUT2D eigenvalue weighted by Crippen LogP contribution is -2.42. The molecular formula is C74H80F8N8O4S2. The maximum Gasteiger partial charge on any atom is 0.416 e. The van der Waals surface area contributed by atoms with E-state index in [0.717, 1.165) is 61.1 Å². The monoisotopic (exact) mass is 1390 g/mol. The lowest BCUT2D eigenvalue weighted by Gasteiger charge is -2.33. The van der Waals surface area contributed by atoms with E-state index in [9.17, 15) is 61.8 Å². The molecule has 2 aliphatic carbocycles. The van der Waals surface area contributed by atoms with Crippen LogP contribution >= 0.6 is 23.5 Å². The fraction of sp³-hybridized carbons (Fsp3) is 0.378. The summed E-state index contributed by atoms with van der Waals surface area (Å²) in [4.78, 5) is 66.3. The summed E-state index contributed by atoms with van der Waals surface area (Å²) >= 11 is 0.922. The lowest BCUT2D eigenvalue weighted by atomic mass is 9.98. The second kappa shape index (κ2) is 32.9. The van der Waals surface area contributed by atoms with Crippen molar-refractivity contribution in [3.8, 4) is 22.3 Å². The van der Waals surface area contributed by atoms with Crippen LogP contribution in [0.5, 0.6) is 0 Å². The molecule has 508 valence electrons. The molecule has 6 aromatic carbocycles. The number of thioether (sulfide) groups is 2. The molecule has 1 unspecified atom stereocenters. The number of hydrogen-bond acceptors (Lipinski definition) is 10. The Bertz CT molecular complexity index is 5700. The Morgan fingerprint density at radius 3 is 1.80 bits per heavy atom. The van der Waals surface area contributed by atoms with E-state index in [1.807, 2.05) is 0 Å². The lowest BCUT2D eigenvalue weighted by molar-refractivity contribution is -0.138. The number of likely N-dealkylation sites (N-methyl/N-ethyl adjacent to an activating group) is 2. The summed E-state index contributed by atoms with van der Waals surface area (Å²) in [5.74, 6) is -6.94. The number of nitrogens with zero attached hydrogens (tertiary/aromatic N) is 8. The van der Waals surface area contributed by atoms with Gasteiger partial charge in [0, 0.05) is 83.0 Å². The second-order valence-corrected chi connectivity index (χ2v) is 22.5. The zero-order chi connectivity index (χ0) is 97.3. The molecule has 0 radical (unpaired) electrons. The summed E-state index contributed by atoms with van der Waals surface area (Å²) < 4.78 is 390. The third-order valence-corrected chi connectivity index (χ3v) is 16.4. The van der Waals surface area contributed by atoms with E-state index in [-0.39, 0.29) is 79.8 Å². The molecule has 0 bridgehead atoms. The van der Waals surface area contributed by atoms with Crippen LogP contribution in [0, 0.1) is 18.6 Å². The molecule has 12 nitrogen and oxygen atoms in total. The van der Waals surface area contributed by atoms with Gasteiger partial charge in [0.1, 0.15) is 24.6 Å². The number of fused-ring (bicyclic) bond motifs is 2. The molecule has 0 spiro atoms. The van der Waals surface area contributed by atoms with Gasteiger partial charge in [-0.05, 0) is 171 Å². The van der Waals surface area contributed by atoms with Crippen molar-refractivity contribution in [1.82, 2.24) is 38.7 Å². The third kappa shape index (κ3) is 18.6. The molecule has 0 aliphatic heterocycles. The fourth-order valence-electron chi connectivity index (χ4n) is 9.34. The SMILES string of the molecule is [2H]C(C)(c1ccc(-c2ccc(C(F)(F)F)cc2)cc1)N(C(=O)C([2H])([2H])n1c(SCc2ccc(F)cc2)nc(=O)c2c1CCC2)C([2H])([2H])C([2H])([2H])N(CC)CC.[2H]c1c([2H])c(CSc2nc(=O)c3c(n2C([2H])([2H])C(=O)N(CCN(C([2H])([2H])C)C([2H])([2H])C)C([2H])([2H])c2c([2H])c([2H])c(-c4c([2H])c([2H])c(C(F)(F)F)c(C)c4[2H])c([2H])c2[2H])C([2H])([2H])C([2H])([2H])C3([2H])[2H])c([2H])c([2H])c1F. The van der Waals surface area contributed by atoms with Crippen LogP contribution in [0.25, 0.3) is 22.3 Å². The summed E-state index contributed by atoms with van der Waals surface area (Å²) in [6, 6.07) is -1.55. The molecule has 0 saturated carbocycles. The van der Waals surface area contributed by atoms with E-state index < -0.39 is 258 Å². The first-order valence-corrected chi connectivity index (χ1v) is 31.1. The molecule has 0 N–H and O–H groups in total. The summed E-state index contributed by atoms with van der Waals surface area (Å²) in [6.45, 7) is -19.4. The molecule has 0 saturated heterocycles. The van der Waals surface area contributed by atoms with Crippen molar-refractivity contribution in [2.24, 2.45) is 0 Å². The highest BCUT2D eigenvalue weighted by Crippen LogP contribution is 2.36. The molecule has 22 heteroatoms. The number of amides is 2. The minimum absolute atomic E-state index is 0.00418. The number of halogens is 8. The third-order valence-electron chi connectivity index (χ3n) is 14.4. The van der Waals surface area contributed by atoms with E-state index in [4.69, 9.17) is 31.5 Å². The number of rotatable bonds is 26. The molecule has 2 heterocycles. The predicted molar refractivity (Wildman–Crippen MR) is 363 cm³/mol. The Morgan fingerprint density at radius 1 is 0.625 bits per heavy atom. The highest BCUT2D eigenvalue weighted by Gasteiger charge is 2.34. The van der Waals surface area contributed by atoms with Crippen molar-refractivity contribution in [3.63, 3.8) is 0 Å². The zero-order valence-electron chi connectivity index (χ0n) is 83.8. The predicted octanol–water partition coefficient (Wildman–Crippen LogP) is 15.3. The van der Waals surface area contributed by atoms with Gasteiger partial charge in [-0.15, -0.1) is 0 Å². The van der Waals surface area contributed by atoms with Gasteiger partial charge in [-0.1, -0.05) is 148 Å². The maximum atomic E-state index is 15.3. The van der Waals surface area contributed by atoms with E-state index in [2.05, 4.69) is 9.97 Å². The zero-order valence-corrected chi connectivity index (χ0v) is 53.5. The van der Waals surface area contributed by atoms with Crippen LogP contribution in [0.15, 0.2) is 159 Å². The Morgan fingerprint density at radius 2 is 1.20 bits per heavy atom. The number of aromatic nitrogens is 4. The average molecular weight is 1390 g/mol. The Balaban J connectivity index is 0.000000300. The van der Waals surface area contributed by atoms with E-state index >= 15 is 4.79 Å².